The van der Waals surface area contributed by atoms with E-state index in [0.29, 0.717) is 6.04 Å². The van der Waals surface area contributed by atoms with E-state index < -0.39 is 0 Å². The van der Waals surface area contributed by atoms with Gasteiger partial charge in [0.15, 0.2) is 0 Å². The van der Waals surface area contributed by atoms with Gasteiger partial charge < -0.3 is 5.32 Å². The molecule has 0 saturated carbocycles. The predicted octanol–water partition coefficient (Wildman–Crippen LogP) is 3.82. The highest BCUT2D eigenvalue weighted by Crippen LogP contribution is 2.31. The van der Waals surface area contributed by atoms with Crippen LogP contribution in [0.4, 0.5) is 0 Å². The summed E-state index contributed by atoms with van der Waals surface area (Å²) in [5.74, 6) is 0. The van der Waals surface area contributed by atoms with Crippen LogP contribution in [0.3, 0.4) is 0 Å². The SMILES string of the molecule is CCc1nnsc1C(Cc1csc2ccccc12)NC. The van der Waals surface area contributed by atoms with Crippen molar-refractivity contribution in [2.75, 3.05) is 7.05 Å². The minimum Gasteiger partial charge on any atom is -0.312 e. The van der Waals surface area contributed by atoms with Crippen LogP contribution in [0, 0.1) is 0 Å². The Kier molecular flexibility index (Phi) is 4.10. The zero-order valence-corrected chi connectivity index (χ0v) is 13.2. The third-order valence-corrected chi connectivity index (χ3v) is 5.46. The van der Waals surface area contributed by atoms with Gasteiger partial charge in [-0.25, -0.2) is 0 Å². The number of nitrogens with one attached hydrogen (secondary N) is 1. The molecule has 2 heterocycles. The summed E-state index contributed by atoms with van der Waals surface area (Å²) in [5.41, 5.74) is 2.52. The van der Waals surface area contributed by atoms with Gasteiger partial charge in [-0.15, -0.1) is 16.4 Å². The largest absolute Gasteiger partial charge is 0.312 e. The number of thiophene rings is 1. The van der Waals surface area contributed by atoms with Gasteiger partial charge in [0.1, 0.15) is 0 Å². The summed E-state index contributed by atoms with van der Waals surface area (Å²) in [6.45, 7) is 2.13. The van der Waals surface area contributed by atoms with Crippen molar-refractivity contribution in [2.45, 2.75) is 25.8 Å². The lowest BCUT2D eigenvalue weighted by Gasteiger charge is -2.14. The Morgan fingerprint density at radius 2 is 2.15 bits per heavy atom. The number of benzene rings is 1. The maximum absolute atomic E-state index is 4.23. The average molecular weight is 303 g/mol. The first-order chi connectivity index (χ1) is 9.83. The summed E-state index contributed by atoms with van der Waals surface area (Å²) in [5, 5.41) is 11.3. The molecule has 0 aliphatic rings. The maximum atomic E-state index is 4.23. The number of rotatable bonds is 5. The Bertz CT molecular complexity index is 702. The maximum Gasteiger partial charge on any atom is 0.0801 e. The quantitative estimate of drug-likeness (QED) is 0.778. The molecule has 0 aliphatic heterocycles. The highest BCUT2D eigenvalue weighted by atomic mass is 32.1. The van der Waals surface area contributed by atoms with E-state index >= 15 is 0 Å². The van der Waals surface area contributed by atoms with Gasteiger partial charge in [0.05, 0.1) is 10.6 Å². The molecule has 0 saturated heterocycles. The summed E-state index contributed by atoms with van der Waals surface area (Å²) >= 11 is 3.33. The molecule has 0 radical (unpaired) electrons. The van der Waals surface area contributed by atoms with Crippen molar-refractivity contribution >= 4 is 33.0 Å². The Morgan fingerprint density at radius 3 is 2.95 bits per heavy atom. The second kappa shape index (κ2) is 5.99. The lowest BCUT2D eigenvalue weighted by Crippen LogP contribution is -2.19. The van der Waals surface area contributed by atoms with Gasteiger partial charge >= 0.3 is 0 Å². The minimum atomic E-state index is 0.294. The van der Waals surface area contributed by atoms with Crippen molar-refractivity contribution in [3.05, 3.63) is 45.8 Å². The topological polar surface area (TPSA) is 37.8 Å². The number of nitrogens with zero attached hydrogens (tertiary/aromatic N) is 2. The molecule has 1 aromatic carbocycles. The van der Waals surface area contributed by atoms with Crippen LogP contribution in [0.15, 0.2) is 29.6 Å². The monoisotopic (exact) mass is 303 g/mol. The molecule has 2 aromatic heterocycles. The van der Waals surface area contributed by atoms with Crippen molar-refractivity contribution in [1.29, 1.82) is 0 Å². The van der Waals surface area contributed by atoms with E-state index in [1.54, 1.807) is 0 Å². The van der Waals surface area contributed by atoms with Gasteiger partial charge in [0.25, 0.3) is 0 Å². The first-order valence-electron chi connectivity index (χ1n) is 6.77. The van der Waals surface area contributed by atoms with Crippen molar-refractivity contribution in [1.82, 2.24) is 14.9 Å². The molecular formula is C15H17N3S2. The van der Waals surface area contributed by atoms with Crippen LogP contribution in [-0.4, -0.2) is 16.6 Å². The standard InChI is InChI=1S/C15H17N3S2/c1-3-12-15(20-18-17-12)13(16-2)8-10-9-19-14-7-5-4-6-11(10)14/h4-7,9,13,16H,3,8H2,1-2H3. The Labute approximate surface area is 126 Å². The fourth-order valence-electron chi connectivity index (χ4n) is 2.46. The van der Waals surface area contributed by atoms with E-state index in [-0.39, 0.29) is 0 Å². The smallest absolute Gasteiger partial charge is 0.0801 e. The molecule has 0 spiro atoms. The average Bonchev–Trinajstić information content (AvgIpc) is 3.11. The highest BCUT2D eigenvalue weighted by Gasteiger charge is 2.18. The van der Waals surface area contributed by atoms with E-state index in [1.165, 1.54) is 32.1 Å². The van der Waals surface area contributed by atoms with Crippen LogP contribution in [-0.2, 0) is 12.8 Å². The Balaban J connectivity index is 1.92. The van der Waals surface area contributed by atoms with Gasteiger partial charge in [0, 0.05) is 10.7 Å². The molecule has 3 rings (SSSR count). The predicted molar refractivity (Wildman–Crippen MR) is 86.6 cm³/mol. The number of hydrogen-bond donors (Lipinski definition) is 1. The molecule has 0 fully saturated rings. The minimum absolute atomic E-state index is 0.294. The Morgan fingerprint density at radius 1 is 1.30 bits per heavy atom. The van der Waals surface area contributed by atoms with Crippen LogP contribution in [0.25, 0.3) is 10.1 Å². The second-order valence-corrected chi connectivity index (χ2v) is 6.44. The summed E-state index contributed by atoms with van der Waals surface area (Å²) in [6, 6.07) is 8.89. The van der Waals surface area contributed by atoms with Gasteiger partial charge in [-0.2, -0.15) is 0 Å². The van der Waals surface area contributed by atoms with Crippen LogP contribution < -0.4 is 5.32 Å². The van der Waals surface area contributed by atoms with E-state index in [2.05, 4.69) is 51.5 Å². The molecule has 20 heavy (non-hydrogen) atoms. The number of hydrogen-bond acceptors (Lipinski definition) is 5. The zero-order valence-electron chi connectivity index (χ0n) is 11.6. The third kappa shape index (κ3) is 2.49. The summed E-state index contributed by atoms with van der Waals surface area (Å²) in [7, 11) is 2.01. The van der Waals surface area contributed by atoms with Crippen molar-refractivity contribution in [3.63, 3.8) is 0 Å². The van der Waals surface area contributed by atoms with Gasteiger partial charge in [-0.3, -0.25) is 0 Å². The van der Waals surface area contributed by atoms with Crippen LogP contribution >= 0.6 is 22.9 Å². The van der Waals surface area contributed by atoms with Crippen LogP contribution in [0.2, 0.25) is 0 Å². The van der Waals surface area contributed by atoms with E-state index in [0.717, 1.165) is 18.5 Å². The molecule has 5 heteroatoms. The third-order valence-electron chi connectivity index (χ3n) is 3.57. The summed E-state index contributed by atoms with van der Waals surface area (Å²) in [6.07, 6.45) is 1.92. The molecule has 104 valence electrons. The van der Waals surface area contributed by atoms with Gasteiger partial charge in [-0.1, -0.05) is 29.6 Å². The normalized spacial score (nSPS) is 12.9. The fourth-order valence-corrected chi connectivity index (χ4v) is 4.28. The highest BCUT2D eigenvalue weighted by molar-refractivity contribution is 7.17. The number of likely N-dealkylation sites (N-methyl/N-ethyl adjacent to an activating group) is 1. The number of fused-ring (bicyclic) bond motifs is 1. The van der Waals surface area contributed by atoms with Crippen LogP contribution in [0.1, 0.15) is 29.1 Å². The zero-order chi connectivity index (χ0) is 13.9. The van der Waals surface area contributed by atoms with Crippen molar-refractivity contribution < 1.29 is 0 Å². The lowest BCUT2D eigenvalue weighted by molar-refractivity contribution is 0.598. The molecule has 0 amide bonds. The second-order valence-electron chi connectivity index (χ2n) is 4.74. The molecular weight excluding hydrogens is 286 g/mol. The first kappa shape index (κ1) is 13.7. The fraction of sp³-hybridized carbons (Fsp3) is 0.333. The molecule has 0 bridgehead atoms. The first-order valence-corrected chi connectivity index (χ1v) is 8.42. The van der Waals surface area contributed by atoms with E-state index in [1.807, 2.05) is 18.4 Å². The number of aryl methyl sites for hydroxylation is 1. The molecule has 1 N–H and O–H groups in total. The lowest BCUT2D eigenvalue weighted by atomic mass is 10.0. The molecule has 1 unspecified atom stereocenters. The molecule has 1 atom stereocenters. The van der Waals surface area contributed by atoms with Gasteiger partial charge in [0.2, 0.25) is 0 Å². The summed E-state index contributed by atoms with van der Waals surface area (Å²) < 4.78 is 5.46. The van der Waals surface area contributed by atoms with Gasteiger partial charge in [-0.05, 0) is 53.8 Å². The molecule has 3 nitrogen and oxygen atoms in total. The Hall–Kier alpha value is -1.30. The van der Waals surface area contributed by atoms with E-state index in [4.69, 9.17) is 0 Å². The molecule has 3 aromatic rings. The van der Waals surface area contributed by atoms with Crippen LogP contribution in [0.5, 0.6) is 0 Å². The number of aromatic nitrogens is 2. The van der Waals surface area contributed by atoms with Crippen molar-refractivity contribution in [2.24, 2.45) is 0 Å². The van der Waals surface area contributed by atoms with E-state index in [9.17, 15) is 0 Å². The van der Waals surface area contributed by atoms with Crippen molar-refractivity contribution in [3.8, 4) is 0 Å². The summed E-state index contributed by atoms with van der Waals surface area (Å²) in [4.78, 5) is 1.27. The molecule has 0 aliphatic carbocycles.